The molecule has 1 amide bonds. The number of rotatable bonds is 9. The zero-order valence-corrected chi connectivity index (χ0v) is 15.4. The highest BCUT2D eigenvalue weighted by atomic mass is 32.2. The van der Waals surface area contributed by atoms with Crippen LogP contribution in [0, 0.1) is 0 Å². The standard InChI is InChI=1S/C19H23N3O3S/c1-20-26(24,25)18-11-8-16(9-12-18)10-13-19(23)22-15-5-14-21-17-6-3-2-4-7-17/h2-4,6-13,20-21H,5,14-15H2,1H3,(H,22,23)/b13-10+. The average molecular weight is 373 g/mol. The highest BCUT2D eigenvalue weighted by Crippen LogP contribution is 2.11. The summed E-state index contributed by atoms with van der Waals surface area (Å²) < 4.78 is 25.5. The van der Waals surface area contributed by atoms with Gasteiger partial charge in [-0.05, 0) is 49.4 Å². The molecule has 0 radical (unpaired) electrons. The Hall–Kier alpha value is -2.64. The molecular weight excluding hydrogens is 350 g/mol. The van der Waals surface area contributed by atoms with E-state index in [9.17, 15) is 13.2 Å². The van der Waals surface area contributed by atoms with E-state index in [2.05, 4.69) is 15.4 Å². The van der Waals surface area contributed by atoms with Crippen LogP contribution in [0.25, 0.3) is 6.08 Å². The fourth-order valence-corrected chi connectivity index (χ4v) is 2.93. The molecule has 7 heteroatoms. The smallest absolute Gasteiger partial charge is 0.244 e. The number of hydrogen-bond donors (Lipinski definition) is 3. The van der Waals surface area contributed by atoms with Crippen molar-refractivity contribution >= 4 is 27.7 Å². The normalized spacial score (nSPS) is 11.4. The van der Waals surface area contributed by atoms with E-state index in [-0.39, 0.29) is 10.8 Å². The maximum absolute atomic E-state index is 11.8. The monoisotopic (exact) mass is 373 g/mol. The van der Waals surface area contributed by atoms with Crippen LogP contribution in [0.15, 0.2) is 65.6 Å². The number of carbonyl (C=O) groups excluding carboxylic acids is 1. The number of nitrogens with one attached hydrogen (secondary N) is 3. The van der Waals surface area contributed by atoms with E-state index < -0.39 is 10.0 Å². The molecular formula is C19H23N3O3S. The van der Waals surface area contributed by atoms with Gasteiger partial charge in [0.2, 0.25) is 15.9 Å². The summed E-state index contributed by atoms with van der Waals surface area (Å²) in [5.74, 6) is -0.184. The van der Waals surface area contributed by atoms with Crippen LogP contribution in [0.3, 0.4) is 0 Å². The lowest BCUT2D eigenvalue weighted by atomic mass is 10.2. The summed E-state index contributed by atoms with van der Waals surface area (Å²) in [4.78, 5) is 12.0. The predicted molar refractivity (Wildman–Crippen MR) is 104 cm³/mol. The zero-order chi connectivity index (χ0) is 18.8. The molecule has 0 aromatic heterocycles. The second-order valence-electron chi connectivity index (χ2n) is 5.55. The quantitative estimate of drug-likeness (QED) is 0.465. The van der Waals surface area contributed by atoms with E-state index in [1.54, 1.807) is 18.2 Å². The van der Waals surface area contributed by atoms with Crippen LogP contribution in [-0.2, 0) is 14.8 Å². The maximum Gasteiger partial charge on any atom is 0.244 e. The third kappa shape index (κ3) is 6.34. The Morgan fingerprint density at radius 1 is 1.00 bits per heavy atom. The summed E-state index contributed by atoms with van der Waals surface area (Å²) in [5.41, 5.74) is 1.81. The van der Waals surface area contributed by atoms with Gasteiger partial charge in [0.05, 0.1) is 4.90 Å². The first-order valence-corrected chi connectivity index (χ1v) is 9.78. The van der Waals surface area contributed by atoms with Crippen molar-refractivity contribution in [1.82, 2.24) is 10.0 Å². The molecule has 2 aromatic rings. The highest BCUT2D eigenvalue weighted by Gasteiger charge is 2.09. The predicted octanol–water partition coefficient (Wildman–Crippen LogP) is 2.23. The first-order valence-electron chi connectivity index (χ1n) is 8.30. The number of carbonyl (C=O) groups is 1. The van der Waals surface area contributed by atoms with Crippen molar-refractivity contribution in [3.05, 3.63) is 66.2 Å². The molecule has 0 aliphatic heterocycles. The van der Waals surface area contributed by atoms with E-state index in [0.29, 0.717) is 6.54 Å². The molecule has 0 heterocycles. The largest absolute Gasteiger partial charge is 0.385 e. The summed E-state index contributed by atoms with van der Waals surface area (Å²) in [7, 11) is -2.08. The van der Waals surface area contributed by atoms with Crippen molar-refractivity contribution < 1.29 is 13.2 Å². The minimum absolute atomic E-state index is 0.184. The summed E-state index contributed by atoms with van der Waals surface area (Å²) in [6.07, 6.45) is 3.89. The molecule has 3 N–H and O–H groups in total. The number of anilines is 1. The van der Waals surface area contributed by atoms with Crippen LogP contribution in [0.4, 0.5) is 5.69 Å². The Labute approximate surface area is 154 Å². The van der Waals surface area contributed by atoms with Crippen LogP contribution < -0.4 is 15.4 Å². The van der Waals surface area contributed by atoms with Crippen molar-refractivity contribution in [1.29, 1.82) is 0 Å². The second-order valence-corrected chi connectivity index (χ2v) is 7.43. The van der Waals surface area contributed by atoms with Gasteiger partial charge >= 0.3 is 0 Å². The van der Waals surface area contributed by atoms with E-state index in [0.717, 1.165) is 24.2 Å². The zero-order valence-electron chi connectivity index (χ0n) is 14.6. The Kier molecular flexibility index (Phi) is 7.37. The number of hydrogen-bond acceptors (Lipinski definition) is 4. The number of amides is 1. The molecule has 0 spiro atoms. The van der Waals surface area contributed by atoms with Gasteiger partial charge in [0.25, 0.3) is 0 Å². The molecule has 138 valence electrons. The Morgan fingerprint density at radius 2 is 1.69 bits per heavy atom. The van der Waals surface area contributed by atoms with Crippen molar-refractivity contribution in [2.45, 2.75) is 11.3 Å². The molecule has 0 aliphatic rings. The van der Waals surface area contributed by atoms with Gasteiger partial charge in [-0.25, -0.2) is 13.1 Å². The SMILES string of the molecule is CNS(=O)(=O)c1ccc(/C=C/C(=O)NCCCNc2ccccc2)cc1. The molecule has 6 nitrogen and oxygen atoms in total. The minimum Gasteiger partial charge on any atom is -0.385 e. The van der Waals surface area contributed by atoms with Gasteiger partial charge in [-0.3, -0.25) is 4.79 Å². The first-order chi connectivity index (χ1) is 12.5. The van der Waals surface area contributed by atoms with Crippen molar-refractivity contribution in [2.75, 3.05) is 25.5 Å². The third-order valence-electron chi connectivity index (χ3n) is 3.64. The number of para-hydroxylation sites is 1. The van der Waals surface area contributed by atoms with Gasteiger partial charge in [-0.2, -0.15) is 0 Å². The number of sulfonamides is 1. The Balaban J connectivity index is 1.72. The number of benzene rings is 2. The van der Waals surface area contributed by atoms with Gasteiger partial charge < -0.3 is 10.6 Å². The lowest BCUT2D eigenvalue weighted by molar-refractivity contribution is -0.116. The van der Waals surface area contributed by atoms with Gasteiger partial charge in [-0.1, -0.05) is 30.3 Å². The maximum atomic E-state index is 11.8. The van der Waals surface area contributed by atoms with E-state index in [1.165, 1.54) is 25.3 Å². The lowest BCUT2D eigenvalue weighted by Gasteiger charge is -2.06. The summed E-state index contributed by atoms with van der Waals surface area (Å²) in [6, 6.07) is 16.2. The van der Waals surface area contributed by atoms with Gasteiger partial charge in [0.15, 0.2) is 0 Å². The topological polar surface area (TPSA) is 87.3 Å². The molecule has 0 atom stereocenters. The second kappa shape index (κ2) is 9.74. The van der Waals surface area contributed by atoms with E-state index >= 15 is 0 Å². The summed E-state index contributed by atoms with van der Waals surface area (Å²) >= 11 is 0. The van der Waals surface area contributed by atoms with Crippen molar-refractivity contribution in [2.24, 2.45) is 0 Å². The molecule has 0 bridgehead atoms. The fraction of sp³-hybridized carbons (Fsp3) is 0.211. The molecule has 2 aromatic carbocycles. The molecule has 0 fully saturated rings. The van der Waals surface area contributed by atoms with Crippen LogP contribution >= 0.6 is 0 Å². The van der Waals surface area contributed by atoms with Gasteiger partial charge in [0, 0.05) is 24.9 Å². The van der Waals surface area contributed by atoms with Gasteiger partial charge in [-0.15, -0.1) is 0 Å². The Morgan fingerprint density at radius 3 is 2.35 bits per heavy atom. The summed E-state index contributed by atoms with van der Waals surface area (Å²) in [6.45, 7) is 1.35. The third-order valence-corrected chi connectivity index (χ3v) is 5.07. The van der Waals surface area contributed by atoms with E-state index in [4.69, 9.17) is 0 Å². The average Bonchev–Trinajstić information content (AvgIpc) is 2.67. The van der Waals surface area contributed by atoms with Crippen LogP contribution in [0.5, 0.6) is 0 Å². The van der Waals surface area contributed by atoms with E-state index in [1.807, 2.05) is 30.3 Å². The molecule has 0 unspecified atom stereocenters. The minimum atomic E-state index is -3.44. The van der Waals surface area contributed by atoms with Crippen molar-refractivity contribution in [3.8, 4) is 0 Å². The molecule has 26 heavy (non-hydrogen) atoms. The lowest BCUT2D eigenvalue weighted by Crippen LogP contribution is -2.23. The molecule has 0 saturated heterocycles. The Bertz CT molecular complexity index is 832. The van der Waals surface area contributed by atoms with Crippen LogP contribution in [0.1, 0.15) is 12.0 Å². The van der Waals surface area contributed by atoms with Crippen molar-refractivity contribution in [3.63, 3.8) is 0 Å². The molecule has 0 aliphatic carbocycles. The first kappa shape index (κ1) is 19.7. The van der Waals surface area contributed by atoms with Crippen LogP contribution in [0.2, 0.25) is 0 Å². The fourth-order valence-electron chi connectivity index (χ4n) is 2.20. The highest BCUT2D eigenvalue weighted by molar-refractivity contribution is 7.89. The van der Waals surface area contributed by atoms with Gasteiger partial charge in [0.1, 0.15) is 0 Å². The molecule has 2 rings (SSSR count). The molecule has 0 saturated carbocycles. The summed E-state index contributed by atoms with van der Waals surface area (Å²) in [5, 5.41) is 6.09. The van der Waals surface area contributed by atoms with Crippen LogP contribution in [-0.4, -0.2) is 34.5 Å².